The van der Waals surface area contributed by atoms with Crippen molar-refractivity contribution in [1.29, 1.82) is 0 Å². The van der Waals surface area contributed by atoms with Gasteiger partial charge in [-0.25, -0.2) is 0 Å². The average Bonchev–Trinajstić information content (AvgIpc) is 2.14. The van der Waals surface area contributed by atoms with Gasteiger partial charge in [0.15, 0.2) is 0 Å². The van der Waals surface area contributed by atoms with E-state index in [1.165, 1.54) is 0 Å². The molecule has 0 spiro atoms. The van der Waals surface area contributed by atoms with Crippen LogP contribution in [0, 0.1) is 5.92 Å². The van der Waals surface area contributed by atoms with Gasteiger partial charge in [-0.1, -0.05) is 20.3 Å². The summed E-state index contributed by atoms with van der Waals surface area (Å²) in [7, 11) is 0. The van der Waals surface area contributed by atoms with Crippen molar-refractivity contribution < 1.29 is 9.84 Å². The quantitative estimate of drug-likeness (QED) is 0.771. The third-order valence-corrected chi connectivity index (χ3v) is 3.24. The van der Waals surface area contributed by atoms with Crippen molar-refractivity contribution in [3.8, 4) is 0 Å². The lowest BCUT2D eigenvalue weighted by Gasteiger charge is -2.37. The van der Waals surface area contributed by atoms with Crippen LogP contribution in [-0.2, 0) is 4.74 Å². The van der Waals surface area contributed by atoms with E-state index in [-0.39, 0.29) is 18.3 Å². The maximum Gasteiger partial charge on any atom is 0.0692 e. The Labute approximate surface area is 93.4 Å². The normalized spacial score (nSPS) is 32.6. The Morgan fingerprint density at radius 2 is 1.87 bits per heavy atom. The van der Waals surface area contributed by atoms with E-state index >= 15 is 0 Å². The number of aliphatic hydroxyl groups is 1. The van der Waals surface area contributed by atoms with Crippen molar-refractivity contribution in [2.24, 2.45) is 5.92 Å². The maximum atomic E-state index is 9.96. The zero-order chi connectivity index (χ0) is 11.4. The topological polar surface area (TPSA) is 32.7 Å². The minimum Gasteiger partial charge on any atom is -0.392 e. The first kappa shape index (κ1) is 12.9. The summed E-state index contributed by atoms with van der Waals surface area (Å²) in [5.41, 5.74) is 0. The predicted octanol–water partition coefficient (Wildman–Crippen LogP) is 1.50. The van der Waals surface area contributed by atoms with Gasteiger partial charge < -0.3 is 9.84 Å². The average molecular weight is 215 g/mol. The number of ether oxygens (including phenoxy) is 1. The van der Waals surface area contributed by atoms with E-state index in [2.05, 4.69) is 32.6 Å². The summed E-state index contributed by atoms with van der Waals surface area (Å²) in [5.74, 6) is 0.387. The summed E-state index contributed by atoms with van der Waals surface area (Å²) in [5, 5.41) is 9.96. The highest BCUT2D eigenvalue weighted by Gasteiger charge is 2.25. The molecule has 1 aliphatic heterocycles. The van der Waals surface area contributed by atoms with E-state index in [0.717, 1.165) is 26.1 Å². The number of nitrogens with zero attached hydrogens (tertiary/aromatic N) is 1. The smallest absolute Gasteiger partial charge is 0.0692 e. The molecule has 0 aromatic rings. The highest BCUT2D eigenvalue weighted by Crippen LogP contribution is 2.14. The van der Waals surface area contributed by atoms with Gasteiger partial charge in [-0.2, -0.15) is 0 Å². The molecular weight excluding hydrogens is 190 g/mol. The minimum absolute atomic E-state index is 0.201. The van der Waals surface area contributed by atoms with Crippen LogP contribution in [0.4, 0.5) is 0 Å². The fourth-order valence-corrected chi connectivity index (χ4v) is 2.15. The first-order valence-corrected chi connectivity index (χ1v) is 6.08. The maximum absolute atomic E-state index is 9.96. The molecule has 1 saturated heterocycles. The van der Waals surface area contributed by atoms with E-state index in [1.807, 2.05) is 0 Å². The molecule has 0 saturated carbocycles. The molecule has 1 fully saturated rings. The molecule has 1 heterocycles. The van der Waals surface area contributed by atoms with Gasteiger partial charge in [-0.3, -0.25) is 4.90 Å². The van der Waals surface area contributed by atoms with E-state index in [9.17, 15) is 5.11 Å². The fourth-order valence-electron chi connectivity index (χ4n) is 2.15. The van der Waals surface area contributed by atoms with Gasteiger partial charge in [0.1, 0.15) is 0 Å². The van der Waals surface area contributed by atoms with Crippen molar-refractivity contribution in [2.75, 3.05) is 19.6 Å². The molecule has 0 aromatic carbocycles. The van der Waals surface area contributed by atoms with E-state index < -0.39 is 0 Å². The molecule has 0 bridgehead atoms. The zero-order valence-electron chi connectivity index (χ0n) is 10.4. The third-order valence-electron chi connectivity index (χ3n) is 3.24. The van der Waals surface area contributed by atoms with Crippen LogP contribution in [0.2, 0.25) is 0 Å². The molecule has 0 aromatic heterocycles. The molecule has 1 rings (SSSR count). The minimum atomic E-state index is -0.201. The monoisotopic (exact) mass is 215 g/mol. The molecule has 15 heavy (non-hydrogen) atoms. The first-order chi connectivity index (χ1) is 7.02. The molecule has 4 unspecified atom stereocenters. The van der Waals surface area contributed by atoms with Crippen LogP contribution in [0.15, 0.2) is 0 Å². The van der Waals surface area contributed by atoms with Gasteiger partial charge in [0.25, 0.3) is 0 Å². The molecule has 1 aliphatic rings. The third kappa shape index (κ3) is 4.09. The lowest BCUT2D eigenvalue weighted by molar-refractivity contribution is -0.0798. The Kier molecular flexibility index (Phi) is 5.03. The Morgan fingerprint density at radius 1 is 1.33 bits per heavy atom. The SMILES string of the molecule is CCC(C)C(O)CN1CC(C)OC(C)C1. The van der Waals surface area contributed by atoms with Gasteiger partial charge in [0.2, 0.25) is 0 Å². The molecule has 0 aliphatic carbocycles. The van der Waals surface area contributed by atoms with Crippen LogP contribution in [0.25, 0.3) is 0 Å². The van der Waals surface area contributed by atoms with Crippen molar-refractivity contribution in [3.05, 3.63) is 0 Å². The number of β-amino-alcohol motifs (C(OH)–C–C–N with tert-alkyl or cyclic N) is 1. The summed E-state index contributed by atoms with van der Waals surface area (Å²) >= 11 is 0. The second-order valence-corrected chi connectivity index (χ2v) is 4.93. The van der Waals surface area contributed by atoms with Crippen LogP contribution < -0.4 is 0 Å². The standard InChI is InChI=1S/C12H25NO2/c1-5-9(2)12(14)8-13-6-10(3)15-11(4)7-13/h9-12,14H,5-8H2,1-4H3. The zero-order valence-corrected chi connectivity index (χ0v) is 10.4. The molecule has 1 N–H and O–H groups in total. The number of hydrogen-bond donors (Lipinski definition) is 1. The Bertz CT molecular complexity index is 176. The van der Waals surface area contributed by atoms with Crippen molar-refractivity contribution >= 4 is 0 Å². The van der Waals surface area contributed by atoms with Crippen LogP contribution in [0.1, 0.15) is 34.1 Å². The van der Waals surface area contributed by atoms with Gasteiger partial charge in [0.05, 0.1) is 18.3 Å². The highest BCUT2D eigenvalue weighted by atomic mass is 16.5. The summed E-state index contributed by atoms with van der Waals surface area (Å²) in [4.78, 5) is 2.32. The van der Waals surface area contributed by atoms with E-state index in [1.54, 1.807) is 0 Å². The van der Waals surface area contributed by atoms with E-state index in [4.69, 9.17) is 4.74 Å². The second kappa shape index (κ2) is 5.83. The summed E-state index contributed by atoms with van der Waals surface area (Å²) in [6.07, 6.45) is 1.42. The Balaban J connectivity index is 2.37. The summed E-state index contributed by atoms with van der Waals surface area (Å²) in [6.45, 7) is 11.1. The number of aliphatic hydroxyl groups excluding tert-OH is 1. The number of morpholine rings is 1. The first-order valence-electron chi connectivity index (χ1n) is 6.08. The molecule has 3 nitrogen and oxygen atoms in total. The van der Waals surface area contributed by atoms with Crippen LogP contribution in [0.5, 0.6) is 0 Å². The van der Waals surface area contributed by atoms with E-state index in [0.29, 0.717) is 5.92 Å². The van der Waals surface area contributed by atoms with Crippen LogP contribution in [0.3, 0.4) is 0 Å². The molecule has 0 radical (unpaired) electrons. The Hall–Kier alpha value is -0.120. The largest absolute Gasteiger partial charge is 0.392 e. The predicted molar refractivity (Wildman–Crippen MR) is 61.9 cm³/mol. The van der Waals surface area contributed by atoms with Crippen molar-refractivity contribution in [1.82, 2.24) is 4.90 Å². The van der Waals surface area contributed by atoms with Gasteiger partial charge in [-0.15, -0.1) is 0 Å². The van der Waals surface area contributed by atoms with Gasteiger partial charge in [-0.05, 0) is 19.8 Å². The molecule has 4 atom stereocenters. The second-order valence-electron chi connectivity index (χ2n) is 4.93. The molecule has 90 valence electrons. The Morgan fingerprint density at radius 3 is 2.33 bits per heavy atom. The van der Waals surface area contributed by atoms with Gasteiger partial charge >= 0.3 is 0 Å². The number of hydrogen-bond acceptors (Lipinski definition) is 3. The molecule has 3 heteroatoms. The molecular formula is C12H25NO2. The lowest BCUT2D eigenvalue weighted by atomic mass is 10.0. The van der Waals surface area contributed by atoms with Crippen molar-refractivity contribution in [2.45, 2.75) is 52.4 Å². The van der Waals surface area contributed by atoms with Crippen LogP contribution >= 0.6 is 0 Å². The summed E-state index contributed by atoms with van der Waals surface area (Å²) < 4.78 is 5.66. The molecule has 0 amide bonds. The number of rotatable bonds is 4. The van der Waals surface area contributed by atoms with Gasteiger partial charge in [0, 0.05) is 19.6 Å². The fraction of sp³-hybridized carbons (Fsp3) is 1.00. The lowest BCUT2D eigenvalue weighted by Crippen LogP contribution is -2.48. The summed E-state index contributed by atoms with van der Waals surface area (Å²) in [6, 6.07) is 0. The highest BCUT2D eigenvalue weighted by molar-refractivity contribution is 4.76. The van der Waals surface area contributed by atoms with Crippen molar-refractivity contribution in [3.63, 3.8) is 0 Å². The van der Waals surface area contributed by atoms with Crippen LogP contribution in [-0.4, -0.2) is 48.0 Å².